The van der Waals surface area contributed by atoms with Gasteiger partial charge in [0.25, 0.3) is 0 Å². The highest BCUT2D eigenvalue weighted by Crippen LogP contribution is 2.18. The number of para-hydroxylation sites is 1. The number of hydrogen-bond donors (Lipinski definition) is 1. The summed E-state index contributed by atoms with van der Waals surface area (Å²) in [6.45, 7) is 3.54. The molecule has 3 nitrogen and oxygen atoms in total. The van der Waals surface area contributed by atoms with Crippen LogP contribution in [0.3, 0.4) is 0 Å². The van der Waals surface area contributed by atoms with Gasteiger partial charge in [0.1, 0.15) is 5.75 Å². The molecular weight excluding hydrogens is 176 g/mol. The molecule has 1 N–H and O–H groups in total. The van der Waals surface area contributed by atoms with Gasteiger partial charge in [-0.1, -0.05) is 30.9 Å². The minimum atomic E-state index is -2.28. The summed E-state index contributed by atoms with van der Waals surface area (Å²) in [6, 6.07) is 6.86. The number of benzene rings is 1. The van der Waals surface area contributed by atoms with Crippen molar-refractivity contribution < 1.29 is 12.9 Å². The van der Waals surface area contributed by atoms with Crippen molar-refractivity contribution in [1.29, 1.82) is 0 Å². The van der Waals surface area contributed by atoms with Gasteiger partial charge < -0.3 is 4.18 Å². The molecule has 64 valence electrons. The van der Waals surface area contributed by atoms with Crippen LogP contribution in [0.5, 0.6) is 5.75 Å². The average Bonchev–Trinajstić information content (AvgIpc) is 2.04. The minimum Gasteiger partial charge on any atom is -0.379 e. The first kappa shape index (κ1) is 8.96. The van der Waals surface area contributed by atoms with Gasteiger partial charge in [-0.2, -0.15) is 4.21 Å². The van der Waals surface area contributed by atoms with Crippen LogP contribution in [-0.4, -0.2) is 8.76 Å². The average molecular weight is 184 g/mol. The van der Waals surface area contributed by atoms with Gasteiger partial charge in [0, 0.05) is 5.56 Å². The summed E-state index contributed by atoms with van der Waals surface area (Å²) in [4.78, 5) is 0. The van der Waals surface area contributed by atoms with Crippen LogP contribution in [0.15, 0.2) is 30.8 Å². The van der Waals surface area contributed by atoms with Crippen molar-refractivity contribution in [1.82, 2.24) is 0 Å². The first-order chi connectivity index (χ1) is 5.74. The lowest BCUT2D eigenvalue weighted by Crippen LogP contribution is -1.98. The Balaban J connectivity index is 2.96. The minimum absolute atomic E-state index is 0.355. The van der Waals surface area contributed by atoms with Crippen molar-refractivity contribution in [2.75, 3.05) is 0 Å². The zero-order valence-electron chi connectivity index (χ0n) is 6.27. The van der Waals surface area contributed by atoms with E-state index >= 15 is 0 Å². The van der Waals surface area contributed by atoms with Gasteiger partial charge in [-0.3, -0.25) is 4.55 Å². The Morgan fingerprint density at radius 2 is 2.17 bits per heavy atom. The van der Waals surface area contributed by atoms with E-state index in [4.69, 9.17) is 4.55 Å². The molecule has 12 heavy (non-hydrogen) atoms. The maximum atomic E-state index is 10.3. The van der Waals surface area contributed by atoms with Gasteiger partial charge >= 0.3 is 11.4 Å². The van der Waals surface area contributed by atoms with Crippen molar-refractivity contribution in [3.05, 3.63) is 36.4 Å². The largest absolute Gasteiger partial charge is 0.379 e. The number of rotatable bonds is 3. The Morgan fingerprint density at radius 1 is 1.50 bits per heavy atom. The molecule has 0 aliphatic carbocycles. The molecule has 0 radical (unpaired) electrons. The van der Waals surface area contributed by atoms with Crippen LogP contribution in [0.25, 0.3) is 6.08 Å². The molecule has 1 unspecified atom stereocenters. The standard InChI is InChI=1S/C8H8O3S/c1-2-7-5-3-4-6-8(7)11-12(9)10/h2-6H,1H2,(H,9,10). The molecule has 1 aromatic rings. The second-order valence-electron chi connectivity index (χ2n) is 2.04. The van der Waals surface area contributed by atoms with Crippen molar-refractivity contribution in [3.63, 3.8) is 0 Å². The van der Waals surface area contributed by atoms with E-state index in [0.717, 1.165) is 0 Å². The molecule has 0 fully saturated rings. The van der Waals surface area contributed by atoms with Crippen LogP contribution >= 0.6 is 0 Å². The summed E-state index contributed by atoms with van der Waals surface area (Å²) in [5.74, 6) is 0.355. The van der Waals surface area contributed by atoms with Crippen LogP contribution < -0.4 is 4.18 Å². The fraction of sp³-hybridized carbons (Fsp3) is 0. The van der Waals surface area contributed by atoms with Gasteiger partial charge in [0.05, 0.1) is 0 Å². The number of hydrogen-bond acceptors (Lipinski definition) is 2. The topological polar surface area (TPSA) is 46.5 Å². The van der Waals surface area contributed by atoms with Crippen LogP contribution in [0.2, 0.25) is 0 Å². The van der Waals surface area contributed by atoms with E-state index < -0.39 is 11.4 Å². The third-order valence-electron chi connectivity index (χ3n) is 1.30. The van der Waals surface area contributed by atoms with E-state index in [0.29, 0.717) is 11.3 Å². The third kappa shape index (κ3) is 2.18. The van der Waals surface area contributed by atoms with Gasteiger partial charge in [0.2, 0.25) is 0 Å². The predicted octanol–water partition coefficient (Wildman–Crippen LogP) is 1.85. The van der Waals surface area contributed by atoms with Crippen LogP contribution in [-0.2, 0) is 11.4 Å². The van der Waals surface area contributed by atoms with Crippen LogP contribution in [0.4, 0.5) is 0 Å². The fourth-order valence-electron chi connectivity index (χ4n) is 0.802. The Bertz CT molecular complexity index is 309. The molecule has 0 saturated carbocycles. The van der Waals surface area contributed by atoms with E-state index in [1.165, 1.54) is 0 Å². The summed E-state index contributed by atoms with van der Waals surface area (Å²) >= 11 is -2.28. The SMILES string of the molecule is C=Cc1ccccc1OS(=O)O. The summed E-state index contributed by atoms with van der Waals surface area (Å²) in [7, 11) is 0. The molecule has 0 heterocycles. The second-order valence-corrected chi connectivity index (χ2v) is 2.64. The molecule has 0 bridgehead atoms. The molecule has 0 aliphatic heterocycles. The van der Waals surface area contributed by atoms with E-state index in [-0.39, 0.29) is 0 Å². The Morgan fingerprint density at radius 3 is 2.75 bits per heavy atom. The van der Waals surface area contributed by atoms with Crippen molar-refractivity contribution in [3.8, 4) is 5.75 Å². The van der Waals surface area contributed by atoms with Crippen molar-refractivity contribution in [2.45, 2.75) is 0 Å². The maximum absolute atomic E-state index is 10.3. The predicted molar refractivity (Wildman–Crippen MR) is 47.9 cm³/mol. The van der Waals surface area contributed by atoms with Crippen molar-refractivity contribution >= 4 is 17.4 Å². The first-order valence-electron chi connectivity index (χ1n) is 3.24. The molecule has 0 amide bonds. The zero-order chi connectivity index (χ0) is 8.97. The van der Waals surface area contributed by atoms with E-state index in [1.807, 2.05) is 0 Å². The molecule has 1 atom stereocenters. The smallest absolute Gasteiger partial charge is 0.357 e. The molecule has 0 spiro atoms. The molecule has 4 heteroatoms. The highest BCUT2D eigenvalue weighted by molar-refractivity contribution is 7.74. The van der Waals surface area contributed by atoms with Gasteiger partial charge in [-0.15, -0.1) is 0 Å². The monoisotopic (exact) mass is 184 g/mol. The highest BCUT2D eigenvalue weighted by Gasteiger charge is 2.01. The summed E-state index contributed by atoms with van der Waals surface area (Å²) < 4.78 is 23.3. The molecule has 1 aromatic carbocycles. The van der Waals surface area contributed by atoms with E-state index in [1.54, 1.807) is 30.3 Å². The Hall–Kier alpha value is -1.13. The van der Waals surface area contributed by atoms with Gasteiger partial charge in [-0.05, 0) is 6.07 Å². The Labute approximate surface area is 73.2 Å². The Kier molecular flexibility index (Phi) is 3.01. The third-order valence-corrected chi connectivity index (χ3v) is 1.62. The summed E-state index contributed by atoms with van der Waals surface area (Å²) in [5.41, 5.74) is 0.694. The molecule has 0 aromatic heterocycles. The van der Waals surface area contributed by atoms with Crippen LogP contribution in [0.1, 0.15) is 5.56 Å². The maximum Gasteiger partial charge on any atom is 0.357 e. The summed E-state index contributed by atoms with van der Waals surface area (Å²) in [6.07, 6.45) is 1.56. The van der Waals surface area contributed by atoms with Gasteiger partial charge in [-0.25, -0.2) is 0 Å². The normalized spacial score (nSPS) is 12.1. The summed E-state index contributed by atoms with van der Waals surface area (Å²) in [5, 5.41) is 0. The lowest BCUT2D eigenvalue weighted by molar-refractivity contribution is 0.457. The quantitative estimate of drug-likeness (QED) is 0.729. The highest BCUT2D eigenvalue weighted by atomic mass is 32.2. The molecule has 0 saturated heterocycles. The zero-order valence-corrected chi connectivity index (χ0v) is 7.08. The van der Waals surface area contributed by atoms with Crippen molar-refractivity contribution in [2.24, 2.45) is 0 Å². The lowest BCUT2D eigenvalue weighted by atomic mass is 10.2. The van der Waals surface area contributed by atoms with E-state index in [9.17, 15) is 4.21 Å². The first-order valence-corrected chi connectivity index (χ1v) is 4.28. The lowest BCUT2D eigenvalue weighted by Gasteiger charge is -2.02. The van der Waals surface area contributed by atoms with E-state index in [2.05, 4.69) is 10.8 Å². The molecular formula is C8H8O3S. The molecule has 0 aliphatic rings. The second kappa shape index (κ2) is 4.04. The fourth-order valence-corrected chi connectivity index (χ4v) is 1.11. The molecule has 1 rings (SSSR count). The van der Waals surface area contributed by atoms with Crippen LogP contribution in [0, 0.1) is 0 Å². The van der Waals surface area contributed by atoms with Gasteiger partial charge in [0.15, 0.2) is 0 Å².